The first-order chi connectivity index (χ1) is 19.4. The summed E-state index contributed by atoms with van der Waals surface area (Å²) in [4.78, 5) is 0. The van der Waals surface area contributed by atoms with Gasteiger partial charge in [-0.2, -0.15) is 20.4 Å². The zero-order chi connectivity index (χ0) is 28.7. The van der Waals surface area contributed by atoms with Crippen LogP contribution in [0.1, 0.15) is 22.3 Å². The summed E-state index contributed by atoms with van der Waals surface area (Å²) in [5.41, 5.74) is 2.56. The molecule has 0 spiro atoms. The number of nitrogens with zero attached hydrogens (tertiary/aromatic N) is 4. The van der Waals surface area contributed by atoms with Crippen molar-refractivity contribution in [2.24, 2.45) is 20.4 Å². The predicted octanol–water partition coefficient (Wildman–Crippen LogP) is 3.33. The summed E-state index contributed by atoms with van der Waals surface area (Å²) < 4.78 is 10.1. The second kappa shape index (κ2) is 20.6. The van der Waals surface area contributed by atoms with Crippen LogP contribution >= 0.6 is 23.2 Å². The van der Waals surface area contributed by atoms with Crippen LogP contribution < -0.4 is 19.7 Å². The molecule has 0 aliphatic heterocycles. The molecule has 0 saturated carbocycles. The molecule has 10 nitrogen and oxygen atoms in total. The van der Waals surface area contributed by atoms with Gasteiger partial charge in [0.25, 0.3) is 0 Å². The normalized spacial score (nSPS) is 11.0. The van der Waals surface area contributed by atoms with Crippen LogP contribution in [-0.4, -0.2) is 49.4 Å². The second-order valence-corrected chi connectivity index (χ2v) is 8.73. The van der Waals surface area contributed by atoms with Gasteiger partial charge in [-0.05, 0) is 95.1 Å². The van der Waals surface area contributed by atoms with Crippen molar-refractivity contribution in [2.45, 2.75) is 0 Å². The summed E-state index contributed by atoms with van der Waals surface area (Å²) in [5, 5.41) is 39.3. The van der Waals surface area contributed by atoms with E-state index >= 15 is 0 Å². The van der Waals surface area contributed by atoms with Crippen LogP contribution in [0.2, 0.25) is 10.0 Å². The molecular formula is C30H28Cl2N4NiO6. The van der Waals surface area contributed by atoms with Crippen LogP contribution in [0.4, 0.5) is 0 Å². The maximum Gasteiger partial charge on any atom is 2.00 e. The largest absolute Gasteiger partial charge is 2.00 e. The van der Waals surface area contributed by atoms with Gasteiger partial charge in [0.15, 0.2) is 0 Å². The molecule has 4 rings (SSSR count). The summed E-state index contributed by atoms with van der Waals surface area (Å²) in [6.45, 7) is 0. The molecule has 0 aliphatic rings. The Balaban J connectivity index is 0.000000767. The number of hydrogen-bond acceptors (Lipinski definition) is 8. The molecule has 43 heavy (non-hydrogen) atoms. The van der Waals surface area contributed by atoms with Crippen LogP contribution in [0, 0.1) is 0 Å². The Morgan fingerprint density at radius 2 is 0.860 bits per heavy atom. The molecule has 0 radical (unpaired) electrons. The van der Waals surface area contributed by atoms with E-state index in [4.69, 9.17) is 32.7 Å². The maximum absolute atomic E-state index is 11.7. The van der Waals surface area contributed by atoms with Gasteiger partial charge < -0.3 is 30.6 Å². The fraction of sp³-hybridized carbons (Fsp3) is 0.0667. The number of benzene rings is 4. The molecule has 0 amide bonds. The topological polar surface area (TPSA) is 177 Å². The fourth-order valence-corrected chi connectivity index (χ4v) is 3.23. The third-order valence-corrected chi connectivity index (χ3v) is 5.63. The van der Waals surface area contributed by atoms with Gasteiger partial charge in [0.2, 0.25) is 0 Å². The molecular weight excluding hydrogens is 642 g/mol. The van der Waals surface area contributed by atoms with Gasteiger partial charge in [0, 0.05) is 21.8 Å². The Hall–Kier alpha value is -4.25. The molecule has 0 aromatic heterocycles. The smallest absolute Gasteiger partial charge is 0.857 e. The second-order valence-electron chi connectivity index (χ2n) is 7.86. The Bertz CT molecular complexity index is 1370. The molecule has 0 bridgehead atoms. The minimum Gasteiger partial charge on any atom is -0.857 e. The van der Waals surface area contributed by atoms with Crippen molar-refractivity contribution in [1.82, 2.24) is 0 Å². The van der Waals surface area contributed by atoms with Gasteiger partial charge in [-0.15, -0.1) is 0 Å². The van der Waals surface area contributed by atoms with E-state index in [0.29, 0.717) is 21.2 Å². The van der Waals surface area contributed by atoms with E-state index in [2.05, 4.69) is 20.4 Å². The van der Waals surface area contributed by atoms with Gasteiger partial charge in [-0.3, -0.25) is 0 Å². The first-order valence-electron chi connectivity index (χ1n) is 11.7. The van der Waals surface area contributed by atoms with Crippen LogP contribution in [0.15, 0.2) is 117 Å². The number of rotatable bonds is 8. The van der Waals surface area contributed by atoms with E-state index in [1.807, 2.05) is 48.5 Å². The molecule has 228 valence electrons. The average molecular weight is 670 g/mol. The van der Waals surface area contributed by atoms with Crippen molar-refractivity contribution in [2.75, 3.05) is 14.2 Å². The van der Waals surface area contributed by atoms with Crippen LogP contribution in [-0.2, 0) is 16.5 Å². The van der Waals surface area contributed by atoms with E-state index in [0.717, 1.165) is 22.6 Å². The number of methoxy groups -OCH3 is 2. The number of hydrogen-bond donors (Lipinski definition) is 0. The molecule has 0 saturated heterocycles. The van der Waals surface area contributed by atoms with Crippen molar-refractivity contribution >= 4 is 47.4 Å². The minimum absolute atomic E-state index is 0. The molecule has 0 atom stereocenters. The van der Waals surface area contributed by atoms with Crippen molar-refractivity contribution in [1.29, 1.82) is 0 Å². The Morgan fingerprint density at radius 3 is 1.14 bits per heavy atom. The van der Waals surface area contributed by atoms with Crippen LogP contribution in [0.5, 0.6) is 11.5 Å². The third kappa shape index (κ3) is 13.5. The quantitative estimate of drug-likeness (QED) is 0.121. The molecule has 4 aromatic carbocycles. The van der Waals surface area contributed by atoms with Crippen molar-refractivity contribution in [3.8, 4) is 11.5 Å². The SMILES string of the molecule is COc1ccc(/C=N\N=C(/[O-])c2ccc(Cl)cc2)cc1.COc1ccc(/C=N\N=C(/[O-])c2ccc(Cl)cc2)cc1.O.O.[Ni+2]. The summed E-state index contributed by atoms with van der Waals surface area (Å²) in [7, 11) is 3.20. The number of ether oxygens (including phenoxy) is 2. The van der Waals surface area contributed by atoms with Crippen LogP contribution in [0.3, 0.4) is 0 Å². The Kier molecular flexibility index (Phi) is 18.6. The molecule has 0 unspecified atom stereocenters. The zero-order valence-corrected chi connectivity index (χ0v) is 25.4. The summed E-state index contributed by atoms with van der Waals surface area (Å²) in [6, 6.07) is 27.5. The van der Waals surface area contributed by atoms with Crippen LogP contribution in [0.25, 0.3) is 0 Å². The van der Waals surface area contributed by atoms with Gasteiger partial charge in [-0.25, -0.2) is 0 Å². The minimum atomic E-state index is -0.411. The van der Waals surface area contributed by atoms with E-state index in [9.17, 15) is 10.2 Å². The Morgan fingerprint density at radius 1 is 0.558 bits per heavy atom. The van der Waals surface area contributed by atoms with Crippen molar-refractivity contribution < 1.29 is 47.1 Å². The number of halogens is 2. The Labute approximate surface area is 269 Å². The molecule has 0 aliphatic carbocycles. The molecule has 4 aromatic rings. The summed E-state index contributed by atoms with van der Waals surface area (Å²) >= 11 is 11.5. The standard InChI is InChI=1S/2C15H13ClN2O2.Ni.2H2O/c2*1-20-14-8-2-11(3-9-14)10-17-18-15(19)12-4-6-13(16)7-5-12;;;/h2*2-10H,1H3,(H,18,19);;2*1H2/q;;+2;;/p-2/b2*17-10-;;;. The first kappa shape index (κ1) is 38.8. The zero-order valence-electron chi connectivity index (χ0n) is 22.9. The van der Waals surface area contributed by atoms with Gasteiger partial charge in [0.05, 0.1) is 26.6 Å². The van der Waals surface area contributed by atoms with Gasteiger partial charge in [-0.1, -0.05) is 47.5 Å². The van der Waals surface area contributed by atoms with E-state index < -0.39 is 11.8 Å². The van der Waals surface area contributed by atoms with E-state index in [1.54, 1.807) is 62.8 Å². The van der Waals surface area contributed by atoms with Gasteiger partial charge >= 0.3 is 16.5 Å². The van der Waals surface area contributed by atoms with E-state index in [1.165, 1.54) is 12.4 Å². The molecule has 13 heteroatoms. The molecule has 0 heterocycles. The third-order valence-electron chi connectivity index (χ3n) is 5.12. The fourth-order valence-electron chi connectivity index (χ4n) is 2.98. The molecule has 4 N–H and O–H groups in total. The average Bonchev–Trinajstić information content (AvgIpc) is 2.99. The van der Waals surface area contributed by atoms with Crippen molar-refractivity contribution in [3.05, 3.63) is 129 Å². The van der Waals surface area contributed by atoms with Crippen molar-refractivity contribution in [3.63, 3.8) is 0 Å². The summed E-state index contributed by atoms with van der Waals surface area (Å²) in [6.07, 6.45) is 3.01. The monoisotopic (exact) mass is 668 g/mol. The van der Waals surface area contributed by atoms with E-state index in [-0.39, 0.29) is 27.4 Å². The predicted molar refractivity (Wildman–Crippen MR) is 164 cm³/mol. The molecule has 0 fully saturated rings. The first-order valence-corrected chi connectivity index (χ1v) is 12.5. The maximum atomic E-state index is 11.7. The summed E-state index contributed by atoms with van der Waals surface area (Å²) in [5.74, 6) is 0.700. The van der Waals surface area contributed by atoms with Gasteiger partial charge in [0.1, 0.15) is 11.5 Å².